The fraction of sp³-hybridized carbons (Fsp3) is 0.400. The maximum absolute atomic E-state index is 13.0. The Morgan fingerprint density at radius 1 is 1.25 bits per heavy atom. The SMILES string of the molecule is NC(=O)[C@@H]1CN(Cc2nnc(-c3ccccc3)o2)C[C@H]1C(F)(F)F. The van der Waals surface area contributed by atoms with Gasteiger partial charge in [-0.1, -0.05) is 18.2 Å². The molecule has 1 saturated heterocycles. The molecule has 2 heterocycles. The van der Waals surface area contributed by atoms with Gasteiger partial charge >= 0.3 is 6.18 Å². The smallest absolute Gasteiger partial charge is 0.393 e. The Hall–Kier alpha value is -2.42. The lowest BCUT2D eigenvalue weighted by Gasteiger charge is -2.18. The lowest BCUT2D eigenvalue weighted by Crippen LogP contribution is -2.37. The summed E-state index contributed by atoms with van der Waals surface area (Å²) in [5.41, 5.74) is 5.83. The Balaban J connectivity index is 1.71. The molecule has 2 atom stereocenters. The number of primary amides is 1. The summed E-state index contributed by atoms with van der Waals surface area (Å²) in [6, 6.07) is 9.04. The fourth-order valence-electron chi connectivity index (χ4n) is 2.84. The third kappa shape index (κ3) is 3.40. The Kier molecular flexibility index (Phi) is 4.27. The van der Waals surface area contributed by atoms with Gasteiger partial charge in [-0.25, -0.2) is 0 Å². The zero-order chi connectivity index (χ0) is 17.3. The molecule has 0 bridgehead atoms. The summed E-state index contributed by atoms with van der Waals surface area (Å²) >= 11 is 0. The Labute approximate surface area is 135 Å². The predicted molar refractivity (Wildman–Crippen MR) is 77.2 cm³/mol. The summed E-state index contributed by atoms with van der Waals surface area (Å²) in [7, 11) is 0. The number of carbonyl (C=O) groups is 1. The van der Waals surface area contributed by atoms with Gasteiger partial charge in [0.25, 0.3) is 0 Å². The minimum Gasteiger partial charge on any atom is -0.419 e. The van der Waals surface area contributed by atoms with Crippen molar-refractivity contribution in [1.82, 2.24) is 15.1 Å². The molecule has 1 aliphatic heterocycles. The van der Waals surface area contributed by atoms with Crippen molar-refractivity contribution in [2.75, 3.05) is 13.1 Å². The van der Waals surface area contributed by atoms with Crippen LogP contribution in [0.1, 0.15) is 5.89 Å². The van der Waals surface area contributed by atoms with Crippen LogP contribution >= 0.6 is 0 Å². The number of amides is 1. The van der Waals surface area contributed by atoms with Crippen LogP contribution in [0, 0.1) is 11.8 Å². The number of carbonyl (C=O) groups excluding carboxylic acids is 1. The van der Waals surface area contributed by atoms with Crippen LogP contribution in [0.4, 0.5) is 13.2 Å². The molecule has 1 aromatic heterocycles. The van der Waals surface area contributed by atoms with Crippen molar-refractivity contribution < 1.29 is 22.4 Å². The number of nitrogens with zero attached hydrogens (tertiary/aromatic N) is 3. The molecule has 128 valence electrons. The summed E-state index contributed by atoms with van der Waals surface area (Å²) in [6.07, 6.45) is -4.47. The minimum absolute atomic E-state index is 0.0379. The van der Waals surface area contributed by atoms with Gasteiger partial charge in [0.15, 0.2) is 0 Å². The first kappa shape index (κ1) is 16.4. The fourth-order valence-corrected chi connectivity index (χ4v) is 2.84. The van der Waals surface area contributed by atoms with E-state index < -0.39 is 23.9 Å². The molecule has 1 aromatic carbocycles. The van der Waals surface area contributed by atoms with Crippen LogP contribution in [-0.2, 0) is 11.3 Å². The molecule has 0 radical (unpaired) electrons. The van der Waals surface area contributed by atoms with Crippen molar-refractivity contribution in [3.63, 3.8) is 0 Å². The lowest BCUT2D eigenvalue weighted by molar-refractivity contribution is -0.182. The van der Waals surface area contributed by atoms with E-state index in [9.17, 15) is 18.0 Å². The molecule has 0 spiro atoms. The number of likely N-dealkylation sites (tertiary alicyclic amines) is 1. The first-order valence-electron chi connectivity index (χ1n) is 7.31. The molecule has 0 unspecified atom stereocenters. The van der Waals surface area contributed by atoms with Crippen molar-refractivity contribution in [3.8, 4) is 11.5 Å². The normalized spacial score (nSPS) is 22.0. The quantitative estimate of drug-likeness (QED) is 0.918. The first-order chi connectivity index (χ1) is 11.3. The molecule has 0 aliphatic carbocycles. The molecule has 6 nitrogen and oxygen atoms in total. The second-order valence-corrected chi connectivity index (χ2v) is 5.72. The van der Waals surface area contributed by atoms with Crippen molar-refractivity contribution in [3.05, 3.63) is 36.2 Å². The first-order valence-corrected chi connectivity index (χ1v) is 7.31. The summed E-state index contributed by atoms with van der Waals surface area (Å²) in [5, 5.41) is 7.75. The monoisotopic (exact) mass is 340 g/mol. The van der Waals surface area contributed by atoms with Gasteiger partial charge in [0.05, 0.1) is 18.4 Å². The largest absolute Gasteiger partial charge is 0.419 e. The van der Waals surface area contributed by atoms with Crippen LogP contribution < -0.4 is 5.73 Å². The highest BCUT2D eigenvalue weighted by molar-refractivity contribution is 5.77. The number of hydrogen-bond acceptors (Lipinski definition) is 5. The van der Waals surface area contributed by atoms with E-state index in [1.807, 2.05) is 18.2 Å². The molecular weight excluding hydrogens is 325 g/mol. The second kappa shape index (κ2) is 6.23. The molecule has 2 aromatic rings. The van der Waals surface area contributed by atoms with Crippen molar-refractivity contribution in [2.45, 2.75) is 12.7 Å². The molecule has 2 N–H and O–H groups in total. The summed E-state index contributed by atoms with van der Waals surface area (Å²) in [6.45, 7) is -0.362. The molecule has 0 saturated carbocycles. The van der Waals surface area contributed by atoms with E-state index in [4.69, 9.17) is 10.2 Å². The molecule has 24 heavy (non-hydrogen) atoms. The van der Waals surface area contributed by atoms with Crippen molar-refractivity contribution in [1.29, 1.82) is 0 Å². The average Bonchev–Trinajstić information content (AvgIpc) is 3.15. The van der Waals surface area contributed by atoms with Crippen LogP contribution in [0.5, 0.6) is 0 Å². The highest BCUT2D eigenvalue weighted by atomic mass is 19.4. The van der Waals surface area contributed by atoms with E-state index in [1.54, 1.807) is 12.1 Å². The number of benzene rings is 1. The van der Waals surface area contributed by atoms with Gasteiger partial charge in [-0.05, 0) is 12.1 Å². The molecular formula is C15H15F3N4O2. The van der Waals surface area contributed by atoms with Gasteiger partial charge in [0.2, 0.25) is 17.7 Å². The summed E-state index contributed by atoms with van der Waals surface area (Å²) in [4.78, 5) is 12.7. The minimum atomic E-state index is -4.47. The zero-order valence-electron chi connectivity index (χ0n) is 12.5. The number of rotatable bonds is 4. The summed E-state index contributed by atoms with van der Waals surface area (Å²) in [5.74, 6) is -3.49. The molecule has 3 rings (SSSR count). The number of halogens is 3. The van der Waals surface area contributed by atoms with Crippen LogP contribution in [0.15, 0.2) is 34.7 Å². The third-order valence-electron chi connectivity index (χ3n) is 4.03. The lowest BCUT2D eigenvalue weighted by atomic mass is 9.95. The van der Waals surface area contributed by atoms with E-state index in [0.29, 0.717) is 5.89 Å². The van der Waals surface area contributed by atoms with Gasteiger partial charge in [-0.3, -0.25) is 9.69 Å². The maximum Gasteiger partial charge on any atom is 0.393 e. The van der Waals surface area contributed by atoms with Crippen LogP contribution in [0.3, 0.4) is 0 Å². The standard InChI is InChI=1S/C15H15F3N4O2/c16-15(17,18)11-7-22(6-10(11)13(19)23)8-12-20-21-14(24-12)9-4-2-1-3-5-9/h1-5,10-11H,6-8H2,(H2,19,23)/t10-,11-/m1/s1. The number of alkyl halides is 3. The molecule has 1 aliphatic rings. The highest BCUT2D eigenvalue weighted by Gasteiger charge is 2.51. The van der Waals surface area contributed by atoms with E-state index in [2.05, 4.69) is 10.2 Å². The Morgan fingerprint density at radius 2 is 1.96 bits per heavy atom. The van der Waals surface area contributed by atoms with Gasteiger partial charge in [-0.15, -0.1) is 10.2 Å². The Bertz CT molecular complexity index is 717. The zero-order valence-corrected chi connectivity index (χ0v) is 12.5. The van der Waals surface area contributed by atoms with Crippen LogP contribution in [0.2, 0.25) is 0 Å². The summed E-state index contributed by atoms with van der Waals surface area (Å²) < 4.78 is 44.6. The van der Waals surface area contributed by atoms with Gasteiger partial charge in [-0.2, -0.15) is 13.2 Å². The maximum atomic E-state index is 13.0. The number of aromatic nitrogens is 2. The topological polar surface area (TPSA) is 85.3 Å². The van der Waals surface area contributed by atoms with Crippen LogP contribution in [0.25, 0.3) is 11.5 Å². The van der Waals surface area contributed by atoms with Gasteiger partial charge in [0.1, 0.15) is 0 Å². The predicted octanol–water partition coefficient (Wildman–Crippen LogP) is 1.83. The molecule has 1 amide bonds. The van der Waals surface area contributed by atoms with E-state index in [0.717, 1.165) is 5.56 Å². The average molecular weight is 340 g/mol. The van der Waals surface area contributed by atoms with Crippen molar-refractivity contribution >= 4 is 5.91 Å². The van der Waals surface area contributed by atoms with Crippen LogP contribution in [-0.4, -0.2) is 40.3 Å². The third-order valence-corrected chi connectivity index (χ3v) is 4.03. The van der Waals surface area contributed by atoms with Crippen molar-refractivity contribution in [2.24, 2.45) is 17.6 Å². The van der Waals surface area contributed by atoms with E-state index >= 15 is 0 Å². The molecule has 1 fully saturated rings. The number of hydrogen-bond donors (Lipinski definition) is 1. The molecule has 9 heteroatoms. The highest BCUT2D eigenvalue weighted by Crippen LogP contribution is 2.37. The van der Waals surface area contributed by atoms with E-state index in [1.165, 1.54) is 4.90 Å². The van der Waals surface area contributed by atoms with E-state index in [-0.39, 0.29) is 25.5 Å². The Morgan fingerprint density at radius 3 is 2.54 bits per heavy atom. The van der Waals surface area contributed by atoms with Gasteiger partial charge < -0.3 is 10.2 Å². The van der Waals surface area contributed by atoms with Gasteiger partial charge in [0, 0.05) is 18.7 Å². The second-order valence-electron chi connectivity index (χ2n) is 5.72. The number of nitrogens with two attached hydrogens (primary N) is 1.